The maximum absolute atomic E-state index is 11.7. The molecule has 0 fully saturated rings. The molecule has 2 aromatic heterocycles. The number of fused-ring (bicyclic) bond motifs is 1. The Balaban J connectivity index is 2.09. The summed E-state index contributed by atoms with van der Waals surface area (Å²) in [4.78, 5) is 33.1. The van der Waals surface area contributed by atoms with Crippen molar-refractivity contribution in [3.63, 3.8) is 0 Å². The Morgan fingerprint density at radius 3 is 2.95 bits per heavy atom. The summed E-state index contributed by atoms with van der Waals surface area (Å²) in [5, 5.41) is 14.5. The quantitative estimate of drug-likeness (QED) is 0.497. The molecule has 106 valence electrons. The first kappa shape index (κ1) is 13.3. The molecule has 0 aliphatic carbocycles. The van der Waals surface area contributed by atoms with Crippen LogP contribution in [0.25, 0.3) is 17.1 Å². The van der Waals surface area contributed by atoms with Gasteiger partial charge < -0.3 is 4.98 Å². The average molecular weight is 303 g/mol. The molecular formula is C12H9N5O3S. The van der Waals surface area contributed by atoms with E-state index in [1.165, 1.54) is 24.0 Å². The summed E-state index contributed by atoms with van der Waals surface area (Å²) in [6.07, 6.45) is 6.19. The minimum absolute atomic E-state index is 0.106. The molecule has 1 amide bonds. The third kappa shape index (κ3) is 2.38. The lowest BCUT2D eigenvalue weighted by atomic mass is 10.2. The van der Waals surface area contributed by atoms with Crippen molar-refractivity contribution in [1.82, 2.24) is 15.3 Å². The van der Waals surface area contributed by atoms with Crippen molar-refractivity contribution in [1.29, 1.82) is 0 Å². The molecule has 0 spiro atoms. The lowest BCUT2D eigenvalue weighted by Gasteiger charge is -1.94. The maximum atomic E-state index is 11.7. The van der Waals surface area contributed by atoms with Crippen LogP contribution in [0.4, 0.5) is 5.69 Å². The van der Waals surface area contributed by atoms with E-state index in [-0.39, 0.29) is 17.3 Å². The van der Waals surface area contributed by atoms with Gasteiger partial charge in [-0.2, -0.15) is 0 Å². The fourth-order valence-corrected chi connectivity index (χ4v) is 2.31. The number of carbonyl (C=O) groups is 1. The van der Waals surface area contributed by atoms with Gasteiger partial charge in [0.15, 0.2) is 5.17 Å². The van der Waals surface area contributed by atoms with Crippen molar-refractivity contribution in [2.45, 2.75) is 0 Å². The Hall–Kier alpha value is -2.68. The zero-order chi connectivity index (χ0) is 15.0. The first-order valence-corrected chi connectivity index (χ1v) is 7.08. The van der Waals surface area contributed by atoms with Crippen LogP contribution in [0.5, 0.6) is 0 Å². The molecule has 0 atom stereocenters. The number of hydrogen-bond acceptors (Lipinski definition) is 6. The van der Waals surface area contributed by atoms with Crippen LogP contribution in [0.1, 0.15) is 5.56 Å². The predicted molar refractivity (Wildman–Crippen MR) is 79.8 cm³/mol. The number of nitro groups is 1. The van der Waals surface area contributed by atoms with Gasteiger partial charge in [-0.05, 0) is 12.3 Å². The lowest BCUT2D eigenvalue weighted by molar-refractivity contribution is -0.385. The summed E-state index contributed by atoms with van der Waals surface area (Å²) in [6, 6.07) is 1.41. The zero-order valence-electron chi connectivity index (χ0n) is 10.8. The number of H-pyrrole nitrogens is 1. The van der Waals surface area contributed by atoms with E-state index in [1.807, 2.05) is 0 Å². The van der Waals surface area contributed by atoms with Crippen LogP contribution in [0.2, 0.25) is 0 Å². The molecule has 3 heterocycles. The van der Waals surface area contributed by atoms with Gasteiger partial charge in [0.05, 0.1) is 4.92 Å². The summed E-state index contributed by atoms with van der Waals surface area (Å²) >= 11 is 1.33. The number of aromatic nitrogens is 2. The van der Waals surface area contributed by atoms with Crippen LogP contribution in [0.3, 0.4) is 0 Å². The minimum atomic E-state index is -0.511. The number of nitrogens with zero attached hydrogens (tertiary/aromatic N) is 3. The molecule has 0 unspecified atom stereocenters. The van der Waals surface area contributed by atoms with Crippen LogP contribution in [-0.4, -0.2) is 32.2 Å². The monoisotopic (exact) mass is 303 g/mol. The van der Waals surface area contributed by atoms with Crippen molar-refractivity contribution < 1.29 is 9.72 Å². The third-order valence-corrected chi connectivity index (χ3v) is 3.50. The van der Waals surface area contributed by atoms with E-state index in [9.17, 15) is 14.9 Å². The van der Waals surface area contributed by atoms with E-state index in [1.54, 1.807) is 18.5 Å². The van der Waals surface area contributed by atoms with Gasteiger partial charge in [0.25, 0.3) is 11.6 Å². The summed E-state index contributed by atoms with van der Waals surface area (Å²) in [5.41, 5.74) is 1.29. The van der Waals surface area contributed by atoms with Gasteiger partial charge in [0.1, 0.15) is 17.5 Å². The van der Waals surface area contributed by atoms with Crippen molar-refractivity contribution >= 4 is 45.6 Å². The second-order valence-corrected chi connectivity index (χ2v) is 4.99. The summed E-state index contributed by atoms with van der Waals surface area (Å²) < 4.78 is 0. The van der Waals surface area contributed by atoms with E-state index < -0.39 is 4.92 Å². The highest BCUT2D eigenvalue weighted by Crippen LogP contribution is 2.24. The van der Waals surface area contributed by atoms with Gasteiger partial charge in [-0.25, -0.2) is 9.98 Å². The largest absolute Gasteiger partial charge is 0.346 e. The summed E-state index contributed by atoms with van der Waals surface area (Å²) in [5.74, 6) is -0.299. The van der Waals surface area contributed by atoms with Crippen LogP contribution in [-0.2, 0) is 4.79 Å². The van der Waals surface area contributed by atoms with E-state index in [4.69, 9.17) is 0 Å². The van der Waals surface area contributed by atoms with Crippen molar-refractivity contribution in [3.05, 3.63) is 39.8 Å². The van der Waals surface area contributed by atoms with Crippen molar-refractivity contribution in [2.24, 2.45) is 4.99 Å². The van der Waals surface area contributed by atoms with Gasteiger partial charge in [0.2, 0.25) is 0 Å². The van der Waals surface area contributed by atoms with E-state index in [0.717, 1.165) is 0 Å². The number of thioether (sulfide) groups is 1. The number of aromatic amines is 1. The highest BCUT2D eigenvalue weighted by Gasteiger charge is 2.20. The molecule has 9 heteroatoms. The Morgan fingerprint density at radius 1 is 1.48 bits per heavy atom. The molecule has 1 aliphatic heterocycles. The molecule has 0 aromatic carbocycles. The number of aliphatic imine (C=N–C) groups is 1. The predicted octanol–water partition coefficient (Wildman–Crippen LogP) is 1.66. The second-order valence-electron chi connectivity index (χ2n) is 4.20. The molecule has 2 N–H and O–H groups in total. The minimum Gasteiger partial charge on any atom is -0.346 e. The topological polar surface area (TPSA) is 113 Å². The second kappa shape index (κ2) is 5.02. The molecule has 0 saturated heterocycles. The summed E-state index contributed by atoms with van der Waals surface area (Å²) in [7, 11) is 0. The SMILES string of the molecule is CSC1=N/C(=C\c2c[nH]c3ncc([N+](=O)[O-])cc23)C(=O)N1. The maximum Gasteiger partial charge on any atom is 0.288 e. The number of nitrogens with one attached hydrogen (secondary N) is 2. The Bertz CT molecular complexity index is 823. The van der Waals surface area contributed by atoms with Gasteiger partial charge in [-0.15, -0.1) is 0 Å². The molecule has 0 radical (unpaired) electrons. The van der Waals surface area contributed by atoms with Crippen LogP contribution < -0.4 is 5.32 Å². The first-order chi connectivity index (χ1) is 10.1. The van der Waals surface area contributed by atoms with Crippen molar-refractivity contribution in [2.75, 3.05) is 6.26 Å². The highest BCUT2D eigenvalue weighted by atomic mass is 32.2. The lowest BCUT2D eigenvalue weighted by Crippen LogP contribution is -2.21. The van der Waals surface area contributed by atoms with Gasteiger partial charge in [-0.3, -0.25) is 20.2 Å². The summed E-state index contributed by atoms with van der Waals surface area (Å²) in [6.45, 7) is 0. The van der Waals surface area contributed by atoms with Gasteiger partial charge in [0, 0.05) is 23.2 Å². The van der Waals surface area contributed by atoms with E-state index >= 15 is 0 Å². The Morgan fingerprint density at radius 2 is 2.29 bits per heavy atom. The molecule has 0 bridgehead atoms. The number of pyridine rings is 1. The molecule has 2 aromatic rings. The van der Waals surface area contributed by atoms with Crippen LogP contribution in [0.15, 0.2) is 29.1 Å². The molecular weight excluding hydrogens is 294 g/mol. The first-order valence-electron chi connectivity index (χ1n) is 5.85. The molecule has 8 nitrogen and oxygen atoms in total. The fraction of sp³-hybridized carbons (Fsp3) is 0.0833. The Labute approximate surface area is 122 Å². The number of carbonyl (C=O) groups excluding carboxylic acids is 1. The van der Waals surface area contributed by atoms with Gasteiger partial charge >= 0.3 is 0 Å². The molecule has 3 rings (SSSR count). The van der Waals surface area contributed by atoms with Crippen LogP contribution in [0, 0.1) is 10.1 Å². The molecule has 21 heavy (non-hydrogen) atoms. The molecule has 0 saturated carbocycles. The highest BCUT2D eigenvalue weighted by molar-refractivity contribution is 8.13. The van der Waals surface area contributed by atoms with Crippen LogP contribution >= 0.6 is 11.8 Å². The number of hydrogen-bond donors (Lipinski definition) is 2. The Kier molecular flexibility index (Phi) is 3.18. The normalized spacial score (nSPS) is 16.3. The number of amides is 1. The number of amidine groups is 1. The zero-order valence-corrected chi connectivity index (χ0v) is 11.6. The molecule has 1 aliphatic rings. The van der Waals surface area contributed by atoms with Gasteiger partial charge in [-0.1, -0.05) is 11.8 Å². The number of rotatable bonds is 2. The van der Waals surface area contributed by atoms with E-state index in [0.29, 0.717) is 21.8 Å². The van der Waals surface area contributed by atoms with E-state index in [2.05, 4.69) is 20.3 Å². The fourth-order valence-electron chi connectivity index (χ4n) is 1.92. The smallest absolute Gasteiger partial charge is 0.288 e. The standard InChI is InChI=1S/C12H9N5O3S/c1-21-12-15-9(11(18)16-12)2-6-4-13-10-8(6)3-7(5-14-10)17(19)20/h2-5H,1H3,(H,13,14)(H,15,16,18)/b9-2-. The average Bonchev–Trinajstić information content (AvgIpc) is 3.03. The third-order valence-electron chi connectivity index (χ3n) is 2.92. The van der Waals surface area contributed by atoms with Crippen molar-refractivity contribution in [3.8, 4) is 0 Å².